The van der Waals surface area contributed by atoms with Crippen LogP contribution in [0.2, 0.25) is 0 Å². The van der Waals surface area contributed by atoms with Gasteiger partial charge in [-0.25, -0.2) is 4.99 Å². The number of H-pyrrole nitrogens is 1. The summed E-state index contributed by atoms with van der Waals surface area (Å²) in [6.45, 7) is 0.506. The van der Waals surface area contributed by atoms with Gasteiger partial charge in [-0.3, -0.25) is 9.69 Å². The SMILES string of the molecule is COc1ccc(N=C2S/C(=C\c3ccc(OC)c(OC)c3)C(=O)N2CCc2c[nH]c3ccccc23)cc1. The second kappa shape index (κ2) is 10.8. The van der Waals surface area contributed by atoms with Crippen LogP contribution in [-0.4, -0.2) is 48.8 Å². The highest BCUT2D eigenvalue weighted by molar-refractivity contribution is 8.18. The lowest BCUT2D eigenvalue weighted by Gasteiger charge is -2.15. The molecule has 37 heavy (non-hydrogen) atoms. The molecule has 0 unspecified atom stereocenters. The van der Waals surface area contributed by atoms with Gasteiger partial charge in [0.05, 0.1) is 31.9 Å². The van der Waals surface area contributed by atoms with E-state index in [1.165, 1.54) is 11.8 Å². The Morgan fingerprint density at radius 3 is 2.49 bits per heavy atom. The van der Waals surface area contributed by atoms with Crippen molar-refractivity contribution in [3.05, 3.63) is 89.0 Å². The van der Waals surface area contributed by atoms with E-state index in [1.807, 2.05) is 66.9 Å². The lowest BCUT2D eigenvalue weighted by atomic mass is 10.1. The zero-order valence-electron chi connectivity index (χ0n) is 20.9. The number of amides is 1. The predicted molar refractivity (Wildman–Crippen MR) is 149 cm³/mol. The molecule has 7 nitrogen and oxygen atoms in total. The van der Waals surface area contributed by atoms with E-state index in [4.69, 9.17) is 19.2 Å². The van der Waals surface area contributed by atoms with Crippen LogP contribution in [0.1, 0.15) is 11.1 Å². The van der Waals surface area contributed by atoms with Gasteiger partial charge in [-0.2, -0.15) is 0 Å². The van der Waals surface area contributed by atoms with Crippen LogP contribution in [-0.2, 0) is 11.2 Å². The first-order valence-corrected chi connectivity index (χ1v) is 12.6. The van der Waals surface area contributed by atoms with Crippen LogP contribution >= 0.6 is 11.8 Å². The van der Waals surface area contributed by atoms with E-state index >= 15 is 0 Å². The molecule has 2 heterocycles. The summed E-state index contributed by atoms with van der Waals surface area (Å²) in [5.74, 6) is 1.92. The van der Waals surface area contributed by atoms with Crippen molar-refractivity contribution < 1.29 is 19.0 Å². The molecule has 4 aromatic rings. The lowest BCUT2D eigenvalue weighted by molar-refractivity contribution is -0.122. The van der Waals surface area contributed by atoms with Gasteiger partial charge in [-0.15, -0.1) is 0 Å². The predicted octanol–water partition coefficient (Wildman–Crippen LogP) is 6.04. The monoisotopic (exact) mass is 513 g/mol. The van der Waals surface area contributed by atoms with E-state index in [0.29, 0.717) is 34.5 Å². The van der Waals surface area contributed by atoms with Crippen LogP contribution in [0, 0.1) is 0 Å². The number of aromatic amines is 1. The van der Waals surface area contributed by atoms with Gasteiger partial charge in [0.2, 0.25) is 0 Å². The van der Waals surface area contributed by atoms with Gasteiger partial charge in [-0.05, 0) is 77.9 Å². The highest BCUT2D eigenvalue weighted by Gasteiger charge is 2.33. The quantitative estimate of drug-likeness (QED) is 0.291. The summed E-state index contributed by atoms with van der Waals surface area (Å²) in [5, 5.41) is 1.80. The molecule has 188 valence electrons. The minimum absolute atomic E-state index is 0.0770. The Balaban J connectivity index is 1.46. The Labute approximate surface area is 219 Å². The maximum Gasteiger partial charge on any atom is 0.266 e. The molecule has 0 bridgehead atoms. The molecule has 1 fully saturated rings. The molecule has 3 aromatic carbocycles. The van der Waals surface area contributed by atoms with Gasteiger partial charge in [0.25, 0.3) is 5.91 Å². The first-order valence-electron chi connectivity index (χ1n) is 11.8. The van der Waals surface area contributed by atoms with Gasteiger partial charge < -0.3 is 19.2 Å². The second-order valence-corrected chi connectivity index (χ2v) is 9.39. The smallest absolute Gasteiger partial charge is 0.266 e. The number of aliphatic imine (C=N–C) groups is 1. The number of para-hydroxylation sites is 1. The summed E-state index contributed by atoms with van der Waals surface area (Å²) in [6, 6.07) is 21.2. The van der Waals surface area contributed by atoms with E-state index in [9.17, 15) is 4.79 Å². The van der Waals surface area contributed by atoms with Crippen molar-refractivity contribution in [1.82, 2.24) is 9.88 Å². The molecule has 1 aliphatic heterocycles. The van der Waals surface area contributed by atoms with Crippen LogP contribution in [0.15, 0.2) is 82.8 Å². The number of nitrogens with zero attached hydrogens (tertiary/aromatic N) is 2. The first kappa shape index (κ1) is 24.5. The summed E-state index contributed by atoms with van der Waals surface area (Å²) in [5.41, 5.74) is 3.84. The second-order valence-electron chi connectivity index (χ2n) is 8.38. The fourth-order valence-electron chi connectivity index (χ4n) is 4.22. The molecule has 1 amide bonds. The molecule has 1 saturated heterocycles. The number of benzene rings is 3. The molecule has 1 aromatic heterocycles. The molecular weight excluding hydrogens is 486 g/mol. The lowest BCUT2D eigenvalue weighted by Crippen LogP contribution is -2.31. The van der Waals surface area contributed by atoms with Crippen molar-refractivity contribution in [2.45, 2.75) is 6.42 Å². The van der Waals surface area contributed by atoms with E-state index in [-0.39, 0.29) is 5.91 Å². The average molecular weight is 514 g/mol. The number of hydrogen-bond acceptors (Lipinski definition) is 6. The van der Waals surface area contributed by atoms with Crippen molar-refractivity contribution in [1.29, 1.82) is 0 Å². The topological polar surface area (TPSA) is 76.2 Å². The van der Waals surface area contributed by atoms with Crippen LogP contribution < -0.4 is 14.2 Å². The van der Waals surface area contributed by atoms with E-state index in [0.717, 1.165) is 33.5 Å². The number of fused-ring (bicyclic) bond motifs is 1. The fraction of sp³-hybridized carbons (Fsp3) is 0.172. The number of rotatable bonds is 8. The minimum atomic E-state index is -0.0770. The number of methoxy groups -OCH3 is 3. The van der Waals surface area contributed by atoms with Gasteiger partial charge in [0.1, 0.15) is 5.75 Å². The third kappa shape index (κ3) is 5.20. The Morgan fingerprint density at radius 2 is 1.73 bits per heavy atom. The van der Waals surface area contributed by atoms with Crippen molar-refractivity contribution in [2.75, 3.05) is 27.9 Å². The summed E-state index contributed by atoms with van der Waals surface area (Å²) in [6.07, 6.45) is 4.57. The van der Waals surface area contributed by atoms with Gasteiger partial charge in [-0.1, -0.05) is 24.3 Å². The number of ether oxygens (including phenoxy) is 3. The molecule has 1 aliphatic rings. The Morgan fingerprint density at radius 1 is 0.946 bits per heavy atom. The Hall–Kier alpha value is -4.17. The number of carbonyl (C=O) groups excluding carboxylic acids is 1. The molecular formula is C29H27N3O4S. The van der Waals surface area contributed by atoms with E-state index in [1.54, 1.807) is 26.2 Å². The highest BCUT2D eigenvalue weighted by atomic mass is 32.2. The molecule has 0 saturated carbocycles. The number of aromatic nitrogens is 1. The molecule has 0 aliphatic carbocycles. The molecule has 1 N–H and O–H groups in total. The van der Waals surface area contributed by atoms with E-state index in [2.05, 4.69) is 17.1 Å². The number of thioether (sulfide) groups is 1. The third-order valence-corrected chi connectivity index (χ3v) is 7.18. The maximum absolute atomic E-state index is 13.6. The number of amidine groups is 1. The average Bonchev–Trinajstić information content (AvgIpc) is 3.48. The third-order valence-electron chi connectivity index (χ3n) is 6.17. The molecule has 0 radical (unpaired) electrons. The normalized spacial score (nSPS) is 15.6. The minimum Gasteiger partial charge on any atom is -0.497 e. The van der Waals surface area contributed by atoms with Crippen LogP contribution in [0.4, 0.5) is 5.69 Å². The molecule has 8 heteroatoms. The summed E-state index contributed by atoms with van der Waals surface area (Å²) < 4.78 is 16.0. The number of carbonyl (C=O) groups is 1. The van der Waals surface area contributed by atoms with Gasteiger partial charge in [0.15, 0.2) is 16.7 Å². The first-order chi connectivity index (χ1) is 18.1. The summed E-state index contributed by atoms with van der Waals surface area (Å²) >= 11 is 1.37. The van der Waals surface area contributed by atoms with Crippen molar-refractivity contribution >= 4 is 45.5 Å². The largest absolute Gasteiger partial charge is 0.497 e. The zero-order valence-corrected chi connectivity index (χ0v) is 21.7. The van der Waals surface area contributed by atoms with E-state index < -0.39 is 0 Å². The van der Waals surface area contributed by atoms with Gasteiger partial charge >= 0.3 is 0 Å². The zero-order chi connectivity index (χ0) is 25.8. The number of hydrogen-bond donors (Lipinski definition) is 1. The Bertz CT molecular complexity index is 1490. The molecule has 5 rings (SSSR count). The maximum atomic E-state index is 13.6. The van der Waals surface area contributed by atoms with Crippen molar-refractivity contribution in [2.24, 2.45) is 4.99 Å². The molecule has 0 atom stereocenters. The van der Waals surface area contributed by atoms with Crippen LogP contribution in [0.3, 0.4) is 0 Å². The van der Waals surface area contributed by atoms with Crippen molar-refractivity contribution in [3.8, 4) is 17.2 Å². The summed E-state index contributed by atoms with van der Waals surface area (Å²) in [4.78, 5) is 24.1. The Kier molecular flexibility index (Phi) is 7.18. The number of nitrogens with one attached hydrogen (secondary N) is 1. The molecule has 0 spiro atoms. The standard InChI is InChI=1S/C29H27N3O4S/c1-34-22-11-9-21(10-12-22)31-29-32(15-14-20-18-30-24-7-5-4-6-23(20)24)28(33)27(37-29)17-19-8-13-25(35-2)26(16-19)36-3/h4-13,16-18,30H,14-15H2,1-3H3/b27-17-,31-29?. The van der Waals surface area contributed by atoms with Gasteiger partial charge in [0, 0.05) is 23.6 Å². The summed E-state index contributed by atoms with van der Waals surface area (Å²) in [7, 11) is 4.82. The highest BCUT2D eigenvalue weighted by Crippen LogP contribution is 2.36. The van der Waals surface area contributed by atoms with Crippen LogP contribution in [0.25, 0.3) is 17.0 Å². The van der Waals surface area contributed by atoms with Crippen molar-refractivity contribution in [3.63, 3.8) is 0 Å². The van der Waals surface area contributed by atoms with Crippen LogP contribution in [0.5, 0.6) is 17.2 Å². The fourth-order valence-corrected chi connectivity index (χ4v) is 5.25.